The fraction of sp³-hybridized carbons (Fsp3) is 0. The average molecular weight is 183 g/mol. The zero-order chi connectivity index (χ0) is 3.58. The zero-order valence-electron chi connectivity index (χ0n) is 2.71. The van der Waals surface area contributed by atoms with Crippen LogP contribution in [0.15, 0.2) is 0 Å². The van der Waals surface area contributed by atoms with Crippen LogP contribution in [-0.4, -0.2) is 18.3 Å². The quantitative estimate of drug-likeness (QED) is 0.356. The Morgan fingerprint density at radius 1 is 1.00 bits per heavy atom. The van der Waals surface area contributed by atoms with Crippen LogP contribution in [0.4, 0.5) is 0 Å². The first-order valence-electron chi connectivity index (χ1n) is 0.707. The second-order valence-corrected chi connectivity index (χ2v) is 0.289. The van der Waals surface area contributed by atoms with Crippen LogP contribution < -0.4 is 15.1 Å². The SMILES string of the molecule is [Mo+4].[O-]B([O-])[O-].[Si+4]. The molecule has 26 valence electrons. The zero-order valence-corrected chi connectivity index (χ0v) is 5.72. The van der Waals surface area contributed by atoms with Gasteiger partial charge in [-0.2, -0.15) is 0 Å². The van der Waals surface area contributed by atoms with Gasteiger partial charge in [0, 0.05) is 0 Å². The molecule has 6 heteroatoms. The standard InChI is InChI=1S/BO3.Mo.Si/c2-1(3)4;;/q-3;2*+4. The summed E-state index contributed by atoms with van der Waals surface area (Å²) in [5, 5.41) is 25.2. The molecule has 0 aliphatic heterocycles. The topological polar surface area (TPSA) is 69.2 Å². The fourth-order valence-corrected chi connectivity index (χ4v) is 0. The van der Waals surface area contributed by atoms with E-state index in [0.29, 0.717) is 0 Å². The first-order chi connectivity index (χ1) is 1.73. The second-order valence-electron chi connectivity index (χ2n) is 0.289. The number of hydrogen-bond donors (Lipinski definition) is 0. The molecule has 0 bridgehead atoms. The van der Waals surface area contributed by atoms with Gasteiger partial charge >= 0.3 is 32.0 Å². The maximum atomic E-state index is 8.42. The molecular weight excluding hydrogens is 183 g/mol. The summed E-state index contributed by atoms with van der Waals surface area (Å²) in [6.07, 6.45) is 0. The average Bonchev–Trinajstić information content (AvgIpc) is 0.811. The summed E-state index contributed by atoms with van der Waals surface area (Å²) in [7, 11) is -2.92. The van der Waals surface area contributed by atoms with E-state index in [-0.39, 0.29) is 32.0 Å². The van der Waals surface area contributed by atoms with Crippen LogP contribution >= 0.6 is 0 Å². The van der Waals surface area contributed by atoms with Gasteiger partial charge in [-0.1, -0.05) is 0 Å². The minimum absolute atomic E-state index is 0. The molecule has 0 saturated carbocycles. The molecule has 6 heavy (non-hydrogen) atoms. The Balaban J connectivity index is -0.0000000450. The monoisotopic (exact) mass is 185 g/mol. The number of hydrogen-bond acceptors (Lipinski definition) is 3. The minimum atomic E-state index is -2.92. The Hall–Kier alpha value is 0.850. The summed E-state index contributed by atoms with van der Waals surface area (Å²) in [6, 6.07) is 0. The van der Waals surface area contributed by atoms with Crippen molar-refractivity contribution >= 4 is 18.3 Å². The van der Waals surface area contributed by atoms with Crippen molar-refractivity contribution in [3.05, 3.63) is 0 Å². The molecule has 3 nitrogen and oxygen atoms in total. The molecule has 0 aromatic heterocycles. The maximum absolute atomic E-state index is 8.42. The van der Waals surface area contributed by atoms with E-state index in [2.05, 4.69) is 0 Å². The van der Waals surface area contributed by atoms with E-state index >= 15 is 0 Å². The van der Waals surface area contributed by atoms with Crippen LogP contribution in [0.25, 0.3) is 0 Å². The fourth-order valence-electron chi connectivity index (χ4n) is 0. The largest absolute Gasteiger partial charge is 4.00 e. The molecule has 0 aromatic carbocycles. The van der Waals surface area contributed by atoms with Crippen molar-refractivity contribution < 1.29 is 36.1 Å². The molecule has 0 N–H and O–H groups in total. The molecule has 0 heterocycles. The van der Waals surface area contributed by atoms with Gasteiger partial charge in [0.05, 0.1) is 0 Å². The molecule has 0 aliphatic rings. The summed E-state index contributed by atoms with van der Waals surface area (Å²) in [5.41, 5.74) is 0. The third kappa shape index (κ3) is 99.5. The summed E-state index contributed by atoms with van der Waals surface area (Å²) in [5.74, 6) is 0. The first kappa shape index (κ1) is 15.8. The molecule has 0 fully saturated rings. The van der Waals surface area contributed by atoms with E-state index in [1.807, 2.05) is 0 Å². The van der Waals surface area contributed by atoms with Crippen LogP contribution in [0.3, 0.4) is 0 Å². The Morgan fingerprint density at radius 2 is 1.00 bits per heavy atom. The van der Waals surface area contributed by atoms with Crippen LogP contribution in [0, 0.1) is 0 Å². The number of rotatable bonds is 0. The molecule has 0 spiro atoms. The van der Waals surface area contributed by atoms with Gasteiger partial charge in [-0.05, 0) is 0 Å². The van der Waals surface area contributed by atoms with E-state index in [0.717, 1.165) is 0 Å². The van der Waals surface area contributed by atoms with Crippen molar-refractivity contribution in [3.63, 3.8) is 0 Å². The smallest absolute Gasteiger partial charge is 0.907 e. The van der Waals surface area contributed by atoms with Gasteiger partial charge in [-0.3, -0.25) is 7.32 Å². The third-order valence-electron chi connectivity index (χ3n) is 0. The van der Waals surface area contributed by atoms with Gasteiger partial charge in [0.25, 0.3) is 0 Å². The van der Waals surface area contributed by atoms with Crippen molar-refractivity contribution in [2.24, 2.45) is 0 Å². The molecule has 0 amide bonds. The molecule has 0 aliphatic carbocycles. The van der Waals surface area contributed by atoms with E-state index < -0.39 is 7.32 Å². The predicted octanol–water partition coefficient (Wildman–Crippen LogP) is -4.33. The molecule has 0 rings (SSSR count). The van der Waals surface area contributed by atoms with E-state index in [9.17, 15) is 0 Å². The van der Waals surface area contributed by atoms with Crippen molar-refractivity contribution in [3.8, 4) is 0 Å². The van der Waals surface area contributed by atoms with Crippen molar-refractivity contribution in [1.29, 1.82) is 0 Å². The Kier molecular flexibility index (Phi) is 24.5. The van der Waals surface area contributed by atoms with Gasteiger partial charge in [0.2, 0.25) is 0 Å². The minimum Gasteiger partial charge on any atom is -0.907 e. The second kappa shape index (κ2) is 9.28. The van der Waals surface area contributed by atoms with Crippen LogP contribution in [-0.2, 0) is 21.1 Å². The van der Waals surface area contributed by atoms with Crippen LogP contribution in [0.5, 0.6) is 0 Å². The predicted molar refractivity (Wildman–Crippen MR) is 11.5 cm³/mol. The summed E-state index contributed by atoms with van der Waals surface area (Å²) in [6.45, 7) is 0. The van der Waals surface area contributed by atoms with Gasteiger partial charge in [0.1, 0.15) is 0 Å². The first-order valence-corrected chi connectivity index (χ1v) is 0.707. The van der Waals surface area contributed by atoms with Gasteiger partial charge < -0.3 is 15.1 Å². The third-order valence-corrected chi connectivity index (χ3v) is 0. The molecule has 0 unspecified atom stereocenters. The van der Waals surface area contributed by atoms with Gasteiger partial charge in [-0.15, -0.1) is 0 Å². The molecule has 0 radical (unpaired) electrons. The van der Waals surface area contributed by atoms with E-state index in [4.69, 9.17) is 15.1 Å². The summed E-state index contributed by atoms with van der Waals surface area (Å²) < 4.78 is 0. The van der Waals surface area contributed by atoms with Crippen molar-refractivity contribution in [2.45, 2.75) is 0 Å². The van der Waals surface area contributed by atoms with Crippen molar-refractivity contribution in [1.82, 2.24) is 0 Å². The van der Waals surface area contributed by atoms with Gasteiger partial charge in [0.15, 0.2) is 0 Å². The Labute approximate surface area is 54.8 Å². The molecule has 0 saturated heterocycles. The summed E-state index contributed by atoms with van der Waals surface area (Å²) in [4.78, 5) is 0. The van der Waals surface area contributed by atoms with E-state index in [1.165, 1.54) is 0 Å². The molecular formula is BMoO3Si+5. The Bertz CT molecular complexity index is 15.5. The van der Waals surface area contributed by atoms with Crippen LogP contribution in [0.2, 0.25) is 0 Å². The summed E-state index contributed by atoms with van der Waals surface area (Å²) >= 11 is 0. The molecule has 0 atom stereocenters. The van der Waals surface area contributed by atoms with Gasteiger partial charge in [-0.25, -0.2) is 0 Å². The normalized spacial score (nSPS) is 4.50. The molecule has 0 aromatic rings. The van der Waals surface area contributed by atoms with E-state index in [1.54, 1.807) is 0 Å². The van der Waals surface area contributed by atoms with Crippen molar-refractivity contribution in [2.75, 3.05) is 0 Å². The van der Waals surface area contributed by atoms with Crippen LogP contribution in [0.1, 0.15) is 0 Å². The Morgan fingerprint density at radius 3 is 1.00 bits per heavy atom. The maximum Gasteiger partial charge on any atom is 4.00 e.